The normalized spacial score (nSPS) is 22.0. The molecule has 0 radical (unpaired) electrons. The highest BCUT2D eigenvalue weighted by Gasteiger charge is 2.31. The van der Waals surface area contributed by atoms with Crippen molar-refractivity contribution in [2.24, 2.45) is 5.73 Å². The van der Waals surface area contributed by atoms with Gasteiger partial charge < -0.3 is 15.5 Å². The maximum absolute atomic E-state index is 12.8. The van der Waals surface area contributed by atoms with Gasteiger partial charge >= 0.3 is 0 Å². The average Bonchev–Trinajstić information content (AvgIpc) is 3.11. The second kappa shape index (κ2) is 7.25. The average molecular weight is 301 g/mol. The molecule has 4 nitrogen and oxygen atoms in total. The van der Waals surface area contributed by atoms with Gasteiger partial charge in [-0.2, -0.15) is 0 Å². The number of hydrogen-bond acceptors (Lipinski definition) is 3. The number of hydrogen-bond donors (Lipinski definition) is 1. The zero-order valence-corrected chi connectivity index (χ0v) is 13.3. The maximum Gasteiger partial charge on any atom is 0.231 e. The van der Waals surface area contributed by atoms with E-state index in [1.54, 1.807) is 0 Å². The number of benzene rings is 1. The summed E-state index contributed by atoms with van der Waals surface area (Å²) >= 11 is 0. The Balaban J connectivity index is 1.58. The lowest BCUT2D eigenvalue weighted by Crippen LogP contribution is -2.47. The van der Waals surface area contributed by atoms with Gasteiger partial charge in [-0.05, 0) is 44.3 Å². The Morgan fingerprint density at radius 3 is 2.32 bits per heavy atom. The number of carbonyl (C=O) groups excluding carboxylic acids is 1. The van der Waals surface area contributed by atoms with Crippen molar-refractivity contribution in [2.75, 3.05) is 32.7 Å². The van der Waals surface area contributed by atoms with Crippen molar-refractivity contribution < 1.29 is 4.79 Å². The van der Waals surface area contributed by atoms with Gasteiger partial charge in [0.05, 0.1) is 5.92 Å². The van der Waals surface area contributed by atoms with Crippen molar-refractivity contribution >= 4 is 5.91 Å². The van der Waals surface area contributed by atoms with Crippen LogP contribution in [0.25, 0.3) is 0 Å². The summed E-state index contributed by atoms with van der Waals surface area (Å²) in [4.78, 5) is 17.4. The summed E-state index contributed by atoms with van der Waals surface area (Å²) in [5.74, 6) is 0.0121. The largest absolute Gasteiger partial charge is 0.342 e. The van der Waals surface area contributed by atoms with Crippen molar-refractivity contribution in [3.05, 3.63) is 35.9 Å². The molecule has 0 spiro atoms. The molecule has 1 aromatic rings. The van der Waals surface area contributed by atoms with Gasteiger partial charge in [0.15, 0.2) is 0 Å². The number of piperidine rings is 1. The first kappa shape index (κ1) is 15.5. The van der Waals surface area contributed by atoms with E-state index in [-0.39, 0.29) is 11.8 Å². The van der Waals surface area contributed by atoms with Gasteiger partial charge in [-0.1, -0.05) is 30.3 Å². The number of likely N-dealkylation sites (tertiary alicyclic amines) is 2. The minimum absolute atomic E-state index is 0.190. The third-order valence-corrected chi connectivity index (χ3v) is 5.17. The van der Waals surface area contributed by atoms with Crippen molar-refractivity contribution in [1.82, 2.24) is 9.80 Å². The lowest BCUT2D eigenvalue weighted by molar-refractivity contribution is -0.134. The van der Waals surface area contributed by atoms with Crippen LogP contribution < -0.4 is 5.73 Å². The minimum atomic E-state index is -0.190. The molecule has 120 valence electrons. The summed E-state index contributed by atoms with van der Waals surface area (Å²) in [5, 5.41) is 0. The lowest BCUT2D eigenvalue weighted by atomic mass is 9.95. The number of carbonyl (C=O) groups is 1. The van der Waals surface area contributed by atoms with Crippen LogP contribution in [0.4, 0.5) is 0 Å². The summed E-state index contributed by atoms with van der Waals surface area (Å²) in [6.45, 7) is 4.63. The Bertz CT molecular complexity index is 476. The molecule has 2 heterocycles. The number of nitrogens with two attached hydrogens (primary N) is 1. The van der Waals surface area contributed by atoms with Crippen LogP contribution in [0.5, 0.6) is 0 Å². The van der Waals surface area contributed by atoms with E-state index in [2.05, 4.69) is 4.90 Å². The molecule has 1 amide bonds. The maximum atomic E-state index is 12.8. The molecule has 2 saturated heterocycles. The van der Waals surface area contributed by atoms with Crippen LogP contribution in [0.2, 0.25) is 0 Å². The van der Waals surface area contributed by atoms with Gasteiger partial charge in [-0.25, -0.2) is 0 Å². The summed E-state index contributed by atoms with van der Waals surface area (Å²) in [6, 6.07) is 10.6. The van der Waals surface area contributed by atoms with Crippen LogP contribution in [0.15, 0.2) is 30.3 Å². The third kappa shape index (κ3) is 3.33. The van der Waals surface area contributed by atoms with Gasteiger partial charge in [0.2, 0.25) is 5.91 Å². The molecule has 2 N–H and O–H groups in total. The van der Waals surface area contributed by atoms with Crippen molar-refractivity contribution in [1.29, 1.82) is 0 Å². The van der Waals surface area contributed by atoms with Gasteiger partial charge in [0.25, 0.3) is 0 Å². The number of rotatable bonds is 4. The number of amides is 1. The quantitative estimate of drug-likeness (QED) is 0.923. The Morgan fingerprint density at radius 2 is 1.73 bits per heavy atom. The van der Waals surface area contributed by atoms with Gasteiger partial charge in [0.1, 0.15) is 0 Å². The third-order valence-electron chi connectivity index (χ3n) is 5.17. The van der Waals surface area contributed by atoms with Crippen molar-refractivity contribution in [3.63, 3.8) is 0 Å². The fourth-order valence-corrected chi connectivity index (χ4v) is 3.84. The SMILES string of the molecule is NCC(C(=O)N1CCC(N2CCCC2)CC1)c1ccccc1. The van der Waals surface area contributed by atoms with E-state index in [9.17, 15) is 4.79 Å². The summed E-state index contributed by atoms with van der Waals surface area (Å²) in [6.07, 6.45) is 4.89. The number of nitrogens with zero attached hydrogens (tertiary/aromatic N) is 2. The predicted molar refractivity (Wildman–Crippen MR) is 88.6 cm³/mol. The molecule has 0 bridgehead atoms. The van der Waals surface area contributed by atoms with Gasteiger partial charge in [-0.15, -0.1) is 0 Å². The highest BCUT2D eigenvalue weighted by atomic mass is 16.2. The molecule has 1 unspecified atom stereocenters. The van der Waals surface area contributed by atoms with E-state index in [4.69, 9.17) is 5.73 Å². The van der Waals surface area contributed by atoms with E-state index >= 15 is 0 Å². The fraction of sp³-hybridized carbons (Fsp3) is 0.611. The Hall–Kier alpha value is -1.39. The van der Waals surface area contributed by atoms with Gasteiger partial charge in [0, 0.05) is 25.7 Å². The molecule has 1 atom stereocenters. The Labute approximate surface area is 133 Å². The van der Waals surface area contributed by atoms with E-state index in [0.29, 0.717) is 12.6 Å². The lowest BCUT2D eigenvalue weighted by Gasteiger charge is -2.38. The molecule has 2 aliphatic rings. The molecule has 0 aliphatic carbocycles. The van der Waals surface area contributed by atoms with Crippen molar-refractivity contribution in [3.8, 4) is 0 Å². The zero-order valence-electron chi connectivity index (χ0n) is 13.3. The molecular formula is C18H27N3O. The predicted octanol–water partition coefficient (Wildman–Crippen LogP) is 1.82. The zero-order chi connectivity index (χ0) is 15.4. The Morgan fingerprint density at radius 1 is 1.09 bits per heavy atom. The molecule has 1 aromatic carbocycles. The first-order valence-electron chi connectivity index (χ1n) is 8.57. The molecule has 3 rings (SSSR count). The molecule has 4 heteroatoms. The molecule has 22 heavy (non-hydrogen) atoms. The molecule has 0 saturated carbocycles. The highest BCUT2D eigenvalue weighted by Crippen LogP contribution is 2.24. The summed E-state index contributed by atoms with van der Waals surface area (Å²) in [7, 11) is 0. The van der Waals surface area contributed by atoms with Crippen LogP contribution >= 0.6 is 0 Å². The van der Waals surface area contributed by atoms with Crippen molar-refractivity contribution in [2.45, 2.75) is 37.6 Å². The van der Waals surface area contributed by atoms with Crippen LogP contribution in [0.3, 0.4) is 0 Å². The van der Waals surface area contributed by atoms with Crippen LogP contribution in [0, 0.1) is 0 Å². The van der Waals surface area contributed by atoms with E-state index in [1.807, 2.05) is 35.2 Å². The molecule has 0 aromatic heterocycles. The smallest absolute Gasteiger partial charge is 0.231 e. The Kier molecular flexibility index (Phi) is 5.11. The minimum Gasteiger partial charge on any atom is -0.342 e. The molecular weight excluding hydrogens is 274 g/mol. The molecule has 2 aliphatic heterocycles. The van der Waals surface area contributed by atoms with E-state index < -0.39 is 0 Å². The van der Waals surface area contributed by atoms with Gasteiger partial charge in [-0.3, -0.25) is 4.79 Å². The highest BCUT2D eigenvalue weighted by molar-refractivity contribution is 5.84. The second-order valence-corrected chi connectivity index (χ2v) is 6.50. The van der Waals surface area contributed by atoms with Crippen LogP contribution in [-0.2, 0) is 4.79 Å². The monoisotopic (exact) mass is 301 g/mol. The standard InChI is InChI=1S/C18H27N3O/c19-14-17(15-6-2-1-3-7-15)18(22)21-12-8-16(9-13-21)20-10-4-5-11-20/h1-3,6-7,16-17H,4-5,8-14,19H2. The van der Waals surface area contributed by atoms with E-state index in [1.165, 1.54) is 25.9 Å². The fourth-order valence-electron chi connectivity index (χ4n) is 3.84. The van der Waals surface area contributed by atoms with Crippen LogP contribution in [0.1, 0.15) is 37.2 Å². The first-order chi connectivity index (χ1) is 10.8. The van der Waals surface area contributed by atoms with Crippen LogP contribution in [-0.4, -0.2) is 54.5 Å². The molecule has 2 fully saturated rings. The first-order valence-corrected chi connectivity index (χ1v) is 8.57. The summed E-state index contributed by atoms with van der Waals surface area (Å²) in [5.41, 5.74) is 6.92. The summed E-state index contributed by atoms with van der Waals surface area (Å²) < 4.78 is 0. The van der Waals surface area contributed by atoms with E-state index in [0.717, 1.165) is 31.5 Å². The second-order valence-electron chi connectivity index (χ2n) is 6.50. The topological polar surface area (TPSA) is 49.6 Å².